The van der Waals surface area contributed by atoms with Gasteiger partial charge in [0.15, 0.2) is 0 Å². The van der Waals surface area contributed by atoms with Crippen molar-refractivity contribution < 1.29 is 4.84 Å². The van der Waals surface area contributed by atoms with Crippen molar-refractivity contribution in [3.05, 3.63) is 0 Å². The molecule has 3 heteroatoms. The third kappa shape index (κ3) is 1.82. The van der Waals surface area contributed by atoms with Crippen molar-refractivity contribution in [2.75, 3.05) is 7.11 Å². The van der Waals surface area contributed by atoms with Crippen LogP contribution in [0.2, 0.25) is 0 Å². The summed E-state index contributed by atoms with van der Waals surface area (Å²) in [6.45, 7) is 0. The largest absolute Gasteiger partial charge is 0.410 e. The first-order valence-electron chi connectivity index (χ1n) is 0.907. The molecular weight excluding hydrogens is 70.1 g/mol. The van der Waals surface area contributed by atoms with Crippen LogP contribution in [-0.4, -0.2) is 17.1 Å². The second-order valence-corrected chi connectivity index (χ2v) is 0.570. The highest BCUT2D eigenvalue weighted by atomic mass is 28.1. The van der Waals surface area contributed by atoms with Crippen LogP contribution < -0.4 is 0 Å². The number of hydrogen-bond acceptors (Lipinski definition) is 2. The molecule has 0 aromatic carbocycles. The molecule has 2 nitrogen and oxygen atoms in total. The molecule has 0 aliphatic carbocycles. The van der Waals surface area contributed by atoms with Crippen LogP contribution in [0.25, 0.3) is 0 Å². The first-order chi connectivity index (χ1) is 1.91. The van der Waals surface area contributed by atoms with E-state index in [-0.39, 0.29) is 0 Å². The molecule has 0 aliphatic rings. The maximum absolute atomic E-state index is 4.18. The van der Waals surface area contributed by atoms with Crippen LogP contribution in [0.3, 0.4) is 0 Å². The fraction of sp³-hybridized carbons (Fsp3) is 1.00. The molecule has 0 bridgehead atoms. The molecular formula is CH5NOSi. The van der Waals surface area contributed by atoms with Gasteiger partial charge in [0.2, 0.25) is 0 Å². The van der Waals surface area contributed by atoms with Crippen molar-refractivity contribution in [3.8, 4) is 0 Å². The van der Waals surface area contributed by atoms with E-state index in [0.29, 0.717) is 0 Å². The highest BCUT2D eigenvalue weighted by Crippen LogP contribution is 1.49. The fourth-order valence-electron chi connectivity index (χ4n) is 0. The molecule has 0 fully saturated rings. The van der Waals surface area contributed by atoms with Crippen molar-refractivity contribution >= 4 is 10.0 Å². The lowest BCUT2D eigenvalue weighted by Gasteiger charge is -1.73. The normalized spacial score (nSPS) is 5.25. The topological polar surface area (TPSA) is 21.6 Å². The molecule has 0 saturated heterocycles. The van der Waals surface area contributed by atoms with E-state index in [1.54, 1.807) is 0 Å². The van der Waals surface area contributed by atoms with Gasteiger partial charge in [0.1, 0.15) is 17.1 Å². The van der Waals surface area contributed by atoms with Crippen LogP contribution in [-0.2, 0) is 4.84 Å². The Morgan fingerprint density at radius 3 is 2.25 bits per heavy atom. The zero-order valence-electron chi connectivity index (χ0n) is 2.56. The smallest absolute Gasteiger partial charge is 0.148 e. The third-order valence-electron chi connectivity index (χ3n) is 0.129. The van der Waals surface area contributed by atoms with Gasteiger partial charge in [-0.05, 0) is 0 Å². The van der Waals surface area contributed by atoms with Gasteiger partial charge in [-0.25, -0.2) is 0 Å². The van der Waals surface area contributed by atoms with E-state index in [2.05, 4.69) is 9.64 Å². The average molecular weight is 75.1 g/mol. The molecule has 24 valence electrons. The maximum atomic E-state index is 4.18. The average Bonchev–Trinajstić information content (AvgIpc) is 1.37. The molecule has 0 heterocycles. The van der Waals surface area contributed by atoms with Gasteiger partial charge in [-0.2, -0.15) is 4.80 Å². The van der Waals surface area contributed by atoms with Crippen LogP contribution in [0.5, 0.6) is 0 Å². The van der Waals surface area contributed by atoms with Crippen molar-refractivity contribution in [3.63, 3.8) is 0 Å². The van der Waals surface area contributed by atoms with Crippen molar-refractivity contribution in [1.29, 1.82) is 0 Å². The number of hydrogen-bond donors (Lipinski definition) is 0. The Morgan fingerprint density at radius 1 is 2.00 bits per heavy atom. The zero-order chi connectivity index (χ0) is 3.41. The van der Waals surface area contributed by atoms with Crippen LogP contribution in [0, 0.1) is 0 Å². The zero-order valence-corrected chi connectivity index (χ0v) is 3.98. The van der Waals surface area contributed by atoms with Gasteiger partial charge < -0.3 is 4.84 Å². The van der Waals surface area contributed by atoms with E-state index in [9.17, 15) is 0 Å². The second kappa shape index (κ2) is 2.82. The quantitative estimate of drug-likeness (QED) is 0.300. The Morgan fingerprint density at radius 2 is 2.25 bits per heavy atom. The van der Waals surface area contributed by atoms with Gasteiger partial charge in [-0.1, -0.05) is 0 Å². The minimum absolute atomic E-state index is 1.43. The Bertz CT molecular complexity index is 22.0. The summed E-state index contributed by atoms with van der Waals surface area (Å²) >= 11 is 0. The minimum Gasteiger partial charge on any atom is -0.410 e. The number of rotatable bonds is 1. The second-order valence-electron chi connectivity index (χ2n) is 0.312. The molecule has 0 N–H and O–H groups in total. The molecule has 0 spiro atoms. The van der Waals surface area contributed by atoms with Gasteiger partial charge in [-0.3, -0.25) is 0 Å². The van der Waals surface area contributed by atoms with E-state index in [1.165, 1.54) is 17.1 Å². The lowest BCUT2D eigenvalue weighted by molar-refractivity contribution is 0.219. The number of nitrogens with zero attached hydrogens (tertiary/aromatic N) is 1. The molecule has 4 heavy (non-hydrogen) atoms. The van der Waals surface area contributed by atoms with E-state index in [1.807, 2.05) is 0 Å². The molecule has 0 aliphatic heterocycles. The maximum Gasteiger partial charge on any atom is 0.148 e. The highest BCUT2D eigenvalue weighted by molar-refractivity contribution is 5.91. The molecule has 0 rings (SSSR count). The van der Waals surface area contributed by atoms with Crippen molar-refractivity contribution in [2.45, 2.75) is 0 Å². The Kier molecular flexibility index (Phi) is 2.69. The van der Waals surface area contributed by atoms with Crippen LogP contribution >= 0.6 is 0 Å². The standard InChI is InChI=1S/CH5NOSi/c1-3-2-4/h4H2,1H3. The van der Waals surface area contributed by atoms with Gasteiger partial charge in [0, 0.05) is 0 Å². The molecule has 0 aromatic heterocycles. The first kappa shape index (κ1) is 3.82. The first-order valence-corrected chi connectivity index (χ1v) is 1.54. The summed E-state index contributed by atoms with van der Waals surface area (Å²) in [5, 5.41) is 0. The molecule has 0 aromatic rings. The predicted octanol–water partition coefficient (Wildman–Crippen LogP) is -0.635. The van der Waals surface area contributed by atoms with Gasteiger partial charge in [0.05, 0.1) is 0 Å². The van der Waals surface area contributed by atoms with E-state index in [4.69, 9.17) is 0 Å². The van der Waals surface area contributed by atoms with Gasteiger partial charge in [0.25, 0.3) is 0 Å². The highest BCUT2D eigenvalue weighted by Gasteiger charge is 1.34. The molecule has 0 unspecified atom stereocenters. The summed E-state index contributed by atoms with van der Waals surface area (Å²) in [5.74, 6) is 0. The van der Waals surface area contributed by atoms with E-state index >= 15 is 0 Å². The summed E-state index contributed by atoms with van der Waals surface area (Å²) in [7, 11) is 2.95. The van der Waals surface area contributed by atoms with Crippen LogP contribution in [0.15, 0.2) is 4.80 Å². The van der Waals surface area contributed by atoms with Gasteiger partial charge >= 0.3 is 0 Å². The summed E-state index contributed by atoms with van der Waals surface area (Å²) in [6, 6.07) is 0. The summed E-state index contributed by atoms with van der Waals surface area (Å²) < 4.78 is 0. The fourth-order valence-corrected chi connectivity index (χ4v) is 0. The van der Waals surface area contributed by atoms with Gasteiger partial charge in [-0.15, -0.1) is 0 Å². The van der Waals surface area contributed by atoms with Crippen LogP contribution in [0.1, 0.15) is 0 Å². The molecule has 0 saturated carbocycles. The van der Waals surface area contributed by atoms with Crippen molar-refractivity contribution in [1.82, 2.24) is 0 Å². The molecule has 0 atom stereocenters. The summed E-state index contributed by atoms with van der Waals surface area (Å²) in [4.78, 5) is 7.44. The van der Waals surface area contributed by atoms with Crippen molar-refractivity contribution in [2.24, 2.45) is 4.80 Å². The Labute approximate surface area is 27.9 Å². The minimum atomic E-state index is 1.43. The lowest BCUT2D eigenvalue weighted by atomic mass is 11.7. The Hall–Kier alpha value is -0.183. The third-order valence-corrected chi connectivity index (χ3v) is 0.387. The van der Waals surface area contributed by atoms with E-state index < -0.39 is 0 Å². The summed E-state index contributed by atoms with van der Waals surface area (Å²) in [5.41, 5.74) is 0. The lowest BCUT2D eigenvalue weighted by Crippen LogP contribution is -1.56. The Balaban J connectivity index is 2.30. The van der Waals surface area contributed by atoms with Crippen LogP contribution in [0.4, 0.5) is 0 Å². The predicted molar refractivity (Wildman–Crippen MR) is 18.0 cm³/mol. The molecule has 0 radical (unpaired) electrons. The monoisotopic (exact) mass is 75.0 g/mol. The molecule has 0 amide bonds. The summed E-state index contributed by atoms with van der Waals surface area (Å²) in [6.07, 6.45) is 0. The SMILES string of the molecule is CON=[SiH2]. The van der Waals surface area contributed by atoms with E-state index in [0.717, 1.165) is 0 Å².